The second kappa shape index (κ2) is 8.90. The van der Waals surface area contributed by atoms with Crippen LogP contribution >= 0.6 is 34.8 Å². The highest BCUT2D eigenvalue weighted by Crippen LogP contribution is 2.32. The molecule has 0 heterocycles. The van der Waals surface area contributed by atoms with Gasteiger partial charge in [0.2, 0.25) is 0 Å². The number of nitrogens with zero attached hydrogens (tertiary/aromatic N) is 1. The molecule has 0 radical (unpaired) electrons. The summed E-state index contributed by atoms with van der Waals surface area (Å²) in [5, 5.41) is 14.1. The number of hydrogen-bond donors (Lipinski definition) is 1. The van der Waals surface area contributed by atoms with Gasteiger partial charge in [-0.05, 0) is 18.2 Å². The molecule has 0 atom stereocenters. The summed E-state index contributed by atoms with van der Waals surface area (Å²) < 4.78 is 9.75. The van der Waals surface area contributed by atoms with Crippen molar-refractivity contribution in [2.24, 2.45) is 0 Å². The zero-order valence-electron chi connectivity index (χ0n) is 13.6. The van der Waals surface area contributed by atoms with Gasteiger partial charge in [0.25, 0.3) is 5.91 Å². The summed E-state index contributed by atoms with van der Waals surface area (Å²) in [6.45, 7) is -0.581. The summed E-state index contributed by atoms with van der Waals surface area (Å²) in [5.74, 6) is -1.63. The van der Waals surface area contributed by atoms with Gasteiger partial charge in [-0.25, -0.2) is 4.79 Å². The molecule has 1 amide bonds. The van der Waals surface area contributed by atoms with E-state index in [1.165, 1.54) is 25.3 Å². The first kappa shape index (κ1) is 20.8. The molecule has 27 heavy (non-hydrogen) atoms. The number of rotatable bonds is 6. The first-order valence-electron chi connectivity index (χ1n) is 7.17. The number of methoxy groups -OCH3 is 1. The fourth-order valence-electron chi connectivity index (χ4n) is 1.97. The van der Waals surface area contributed by atoms with Gasteiger partial charge >= 0.3 is 11.7 Å². The van der Waals surface area contributed by atoms with Crippen molar-refractivity contribution in [3.63, 3.8) is 0 Å². The number of nitrogens with one attached hydrogen (secondary N) is 1. The van der Waals surface area contributed by atoms with Crippen molar-refractivity contribution < 1.29 is 24.0 Å². The van der Waals surface area contributed by atoms with Crippen LogP contribution < -0.4 is 10.1 Å². The molecule has 2 rings (SSSR count). The number of nitro groups is 1. The number of benzene rings is 2. The van der Waals surface area contributed by atoms with Crippen molar-refractivity contribution in [3.05, 3.63) is 61.1 Å². The number of nitro benzene ring substituents is 1. The number of hydrogen-bond acceptors (Lipinski definition) is 6. The minimum atomic E-state index is -0.707. The predicted molar refractivity (Wildman–Crippen MR) is 100 cm³/mol. The summed E-state index contributed by atoms with van der Waals surface area (Å²) in [4.78, 5) is 34.0. The van der Waals surface area contributed by atoms with E-state index in [2.05, 4.69) is 10.1 Å². The van der Waals surface area contributed by atoms with E-state index in [1.54, 1.807) is 0 Å². The Labute approximate surface area is 168 Å². The molecule has 0 fully saturated rings. The largest absolute Gasteiger partial charge is 0.477 e. The highest BCUT2D eigenvalue weighted by Gasteiger charge is 2.20. The molecule has 0 spiro atoms. The number of halogens is 3. The van der Waals surface area contributed by atoms with Crippen LogP contribution in [0.3, 0.4) is 0 Å². The van der Waals surface area contributed by atoms with Crippen molar-refractivity contribution in [2.45, 2.75) is 0 Å². The Kier molecular flexibility index (Phi) is 6.84. The van der Waals surface area contributed by atoms with E-state index in [0.29, 0.717) is 0 Å². The average molecular weight is 434 g/mol. The molecule has 0 aliphatic heterocycles. The van der Waals surface area contributed by atoms with Crippen molar-refractivity contribution in [1.29, 1.82) is 0 Å². The molecule has 0 saturated carbocycles. The molecule has 2 aromatic rings. The molecular formula is C16H11Cl3N2O6. The monoisotopic (exact) mass is 432 g/mol. The maximum Gasteiger partial charge on any atom is 0.337 e. The van der Waals surface area contributed by atoms with Gasteiger partial charge in [0.15, 0.2) is 12.4 Å². The van der Waals surface area contributed by atoms with E-state index in [1.807, 2.05) is 0 Å². The van der Waals surface area contributed by atoms with Crippen molar-refractivity contribution in [1.82, 2.24) is 0 Å². The summed E-state index contributed by atoms with van der Waals surface area (Å²) in [5.41, 5.74) is -0.188. The van der Waals surface area contributed by atoms with Gasteiger partial charge in [0.05, 0.1) is 38.4 Å². The molecule has 0 bridgehead atoms. The highest BCUT2D eigenvalue weighted by molar-refractivity contribution is 6.44. The van der Waals surface area contributed by atoms with Crippen LogP contribution in [0.1, 0.15) is 10.4 Å². The van der Waals surface area contributed by atoms with Crippen LogP contribution in [-0.4, -0.2) is 30.5 Å². The lowest BCUT2D eigenvalue weighted by molar-refractivity contribution is -0.385. The molecule has 1 N–H and O–H groups in total. The first-order chi connectivity index (χ1) is 12.7. The lowest BCUT2D eigenvalue weighted by Gasteiger charge is -2.10. The molecule has 0 unspecified atom stereocenters. The van der Waals surface area contributed by atoms with E-state index < -0.39 is 29.1 Å². The number of carbonyl (C=O) groups is 2. The minimum Gasteiger partial charge on any atom is -0.477 e. The van der Waals surface area contributed by atoms with E-state index >= 15 is 0 Å². The van der Waals surface area contributed by atoms with Crippen LogP contribution in [0.4, 0.5) is 11.4 Å². The Balaban J connectivity index is 2.15. The van der Waals surface area contributed by atoms with Crippen LogP contribution in [0, 0.1) is 10.1 Å². The fourth-order valence-corrected chi connectivity index (χ4v) is 2.57. The second-order valence-corrected chi connectivity index (χ2v) is 6.24. The van der Waals surface area contributed by atoms with Crippen molar-refractivity contribution >= 4 is 58.1 Å². The topological polar surface area (TPSA) is 108 Å². The molecule has 0 aliphatic rings. The molecule has 8 nitrogen and oxygen atoms in total. The Bertz CT molecular complexity index is 919. The van der Waals surface area contributed by atoms with Gasteiger partial charge in [0, 0.05) is 12.1 Å². The van der Waals surface area contributed by atoms with E-state index in [9.17, 15) is 19.7 Å². The van der Waals surface area contributed by atoms with Gasteiger partial charge in [-0.2, -0.15) is 0 Å². The summed E-state index contributed by atoms with van der Waals surface area (Å²) in [6, 6.07) is 6.11. The third-order valence-corrected chi connectivity index (χ3v) is 4.26. The minimum absolute atomic E-state index is 0.0334. The Morgan fingerprint density at radius 2 is 1.78 bits per heavy atom. The van der Waals surface area contributed by atoms with Gasteiger partial charge < -0.3 is 14.8 Å². The van der Waals surface area contributed by atoms with E-state index in [4.69, 9.17) is 39.5 Å². The zero-order chi connectivity index (χ0) is 20.1. The molecule has 0 aromatic heterocycles. The normalized spacial score (nSPS) is 10.2. The Hall–Kier alpha value is -2.55. The number of anilines is 1. The molecule has 142 valence electrons. The van der Waals surface area contributed by atoms with Gasteiger partial charge in [-0.15, -0.1) is 0 Å². The van der Waals surface area contributed by atoms with Crippen LogP contribution in [0.2, 0.25) is 15.1 Å². The Morgan fingerprint density at radius 1 is 1.11 bits per heavy atom. The van der Waals surface area contributed by atoms with Gasteiger partial charge in [0.1, 0.15) is 0 Å². The van der Waals surface area contributed by atoms with Crippen LogP contribution in [-0.2, 0) is 9.53 Å². The number of ether oxygens (including phenoxy) is 2. The quantitative estimate of drug-likeness (QED) is 0.314. The highest BCUT2D eigenvalue weighted by atomic mass is 35.5. The fraction of sp³-hybridized carbons (Fsp3) is 0.125. The van der Waals surface area contributed by atoms with E-state index in [-0.39, 0.29) is 32.1 Å². The standard InChI is InChI=1S/C16H11Cl3N2O6/c1-26-16(23)8-2-3-13(21(24)25)14(4-8)27-7-15(22)20-12-6-10(18)9(17)5-11(12)19/h2-6H,7H2,1H3,(H,20,22). The van der Waals surface area contributed by atoms with Crippen LogP contribution in [0.25, 0.3) is 0 Å². The molecule has 11 heteroatoms. The summed E-state index contributed by atoms with van der Waals surface area (Å²) >= 11 is 17.6. The number of carbonyl (C=O) groups excluding carboxylic acids is 2. The lowest BCUT2D eigenvalue weighted by atomic mass is 10.2. The van der Waals surface area contributed by atoms with Gasteiger partial charge in [-0.3, -0.25) is 14.9 Å². The average Bonchev–Trinajstić information content (AvgIpc) is 2.63. The SMILES string of the molecule is COC(=O)c1ccc([N+](=O)[O-])c(OCC(=O)Nc2cc(Cl)c(Cl)cc2Cl)c1. The predicted octanol–water partition coefficient (Wildman–Crippen LogP) is 4.36. The van der Waals surface area contributed by atoms with Crippen LogP contribution in [0.5, 0.6) is 5.75 Å². The number of esters is 1. The zero-order valence-corrected chi connectivity index (χ0v) is 15.9. The smallest absolute Gasteiger partial charge is 0.337 e. The molecule has 0 saturated heterocycles. The maximum absolute atomic E-state index is 12.1. The van der Waals surface area contributed by atoms with Gasteiger partial charge in [-0.1, -0.05) is 34.8 Å². The molecule has 0 aliphatic carbocycles. The van der Waals surface area contributed by atoms with Crippen LogP contribution in [0.15, 0.2) is 30.3 Å². The second-order valence-electron chi connectivity index (χ2n) is 5.01. The van der Waals surface area contributed by atoms with E-state index in [0.717, 1.165) is 12.1 Å². The maximum atomic E-state index is 12.1. The molecule has 2 aromatic carbocycles. The Morgan fingerprint density at radius 3 is 2.41 bits per heavy atom. The van der Waals surface area contributed by atoms with Crippen molar-refractivity contribution in [2.75, 3.05) is 19.0 Å². The number of amides is 1. The first-order valence-corrected chi connectivity index (χ1v) is 8.30. The third-order valence-electron chi connectivity index (χ3n) is 3.22. The molecular weight excluding hydrogens is 423 g/mol. The summed E-state index contributed by atoms with van der Waals surface area (Å²) in [7, 11) is 1.17. The van der Waals surface area contributed by atoms with Crippen molar-refractivity contribution in [3.8, 4) is 5.75 Å². The lowest BCUT2D eigenvalue weighted by Crippen LogP contribution is -2.20. The summed E-state index contributed by atoms with van der Waals surface area (Å²) in [6.07, 6.45) is 0. The third kappa shape index (κ3) is 5.22.